The summed E-state index contributed by atoms with van der Waals surface area (Å²) in [6, 6.07) is 18.5. The Morgan fingerprint density at radius 3 is 2.50 bits per heavy atom. The van der Waals surface area contributed by atoms with E-state index in [2.05, 4.69) is 5.32 Å². The molecule has 2 aromatic carbocycles. The number of thioether (sulfide) groups is 1. The van der Waals surface area contributed by atoms with Gasteiger partial charge in [-0.1, -0.05) is 36.4 Å². The number of amides is 1. The number of nitrogens with one attached hydrogen (secondary N) is 1. The number of carbonyl (C=O) groups excluding carboxylic acids is 1. The number of rotatable bonds is 6. The zero-order chi connectivity index (χ0) is 20.1. The van der Waals surface area contributed by atoms with Gasteiger partial charge in [-0.15, -0.1) is 0 Å². The Bertz CT molecular complexity index is 1010. The number of hydrogen-bond donors (Lipinski definition) is 1. The Morgan fingerprint density at radius 2 is 1.82 bits per heavy atom. The summed E-state index contributed by atoms with van der Waals surface area (Å²) >= 11 is 1.08. The number of anilines is 1. The van der Waals surface area contributed by atoms with Crippen LogP contribution in [0.4, 0.5) is 11.4 Å². The Kier molecular flexibility index (Phi) is 5.90. The largest absolute Gasteiger partial charge is 0.618 e. The van der Waals surface area contributed by atoms with Gasteiger partial charge in [-0.3, -0.25) is 14.9 Å². The van der Waals surface area contributed by atoms with Crippen LogP contribution in [-0.4, -0.2) is 10.8 Å². The topological polar surface area (TPSA) is 99.2 Å². The van der Waals surface area contributed by atoms with Crippen molar-refractivity contribution in [2.75, 3.05) is 5.32 Å². The third-order valence-corrected chi connectivity index (χ3v) is 5.25. The van der Waals surface area contributed by atoms with Crippen LogP contribution in [0.3, 0.4) is 0 Å². The Labute approximate surface area is 165 Å². The zero-order valence-electron chi connectivity index (χ0n) is 14.9. The first-order valence-corrected chi connectivity index (χ1v) is 9.29. The minimum atomic E-state index is -0.760. The lowest BCUT2D eigenvalue weighted by Crippen LogP contribution is -2.29. The molecule has 0 saturated heterocycles. The van der Waals surface area contributed by atoms with Crippen molar-refractivity contribution in [1.29, 1.82) is 0 Å². The van der Waals surface area contributed by atoms with Crippen LogP contribution in [0.15, 0.2) is 78.0 Å². The summed E-state index contributed by atoms with van der Waals surface area (Å²) in [4.78, 5) is 23.8. The molecular weight excluding hydrogens is 378 g/mol. The van der Waals surface area contributed by atoms with Crippen molar-refractivity contribution < 1.29 is 14.4 Å². The third-order valence-electron chi connectivity index (χ3n) is 3.98. The number of aromatic nitrogens is 1. The van der Waals surface area contributed by atoms with Crippen molar-refractivity contribution in [3.63, 3.8) is 0 Å². The predicted octanol–water partition coefficient (Wildman–Crippen LogP) is 4.01. The smallest absolute Gasteiger partial charge is 0.293 e. The van der Waals surface area contributed by atoms with Crippen molar-refractivity contribution in [2.45, 2.75) is 17.2 Å². The maximum Gasteiger partial charge on any atom is 0.293 e. The second kappa shape index (κ2) is 8.53. The van der Waals surface area contributed by atoms with E-state index in [-0.39, 0.29) is 11.4 Å². The van der Waals surface area contributed by atoms with Crippen LogP contribution < -0.4 is 10.0 Å². The van der Waals surface area contributed by atoms with Gasteiger partial charge in [-0.05, 0) is 41.9 Å². The second-order valence-electron chi connectivity index (χ2n) is 6.04. The summed E-state index contributed by atoms with van der Waals surface area (Å²) in [6.45, 7) is 1.74. The fourth-order valence-corrected chi connectivity index (χ4v) is 3.64. The number of hydrogen-bond acceptors (Lipinski definition) is 5. The van der Waals surface area contributed by atoms with Crippen molar-refractivity contribution in [2.24, 2.45) is 0 Å². The molecule has 1 unspecified atom stereocenters. The molecule has 1 N–H and O–H groups in total. The Morgan fingerprint density at radius 1 is 1.11 bits per heavy atom. The summed E-state index contributed by atoms with van der Waals surface area (Å²) in [5, 5.41) is 25.6. The SMILES string of the molecule is Cc1ccc(NC(=O)C(Sc2cccc[n+]2[O-])c2ccccc2)c([N+](=O)[O-])c1. The summed E-state index contributed by atoms with van der Waals surface area (Å²) in [7, 11) is 0. The highest BCUT2D eigenvalue weighted by Crippen LogP contribution is 2.35. The summed E-state index contributed by atoms with van der Waals surface area (Å²) in [6.07, 6.45) is 1.35. The number of carbonyl (C=O) groups is 1. The highest BCUT2D eigenvalue weighted by atomic mass is 32.2. The highest BCUT2D eigenvalue weighted by molar-refractivity contribution is 8.00. The van der Waals surface area contributed by atoms with Crippen molar-refractivity contribution in [1.82, 2.24) is 0 Å². The van der Waals surface area contributed by atoms with Gasteiger partial charge in [0.15, 0.2) is 6.20 Å². The molecule has 0 aliphatic carbocycles. The molecule has 0 spiro atoms. The van der Waals surface area contributed by atoms with Crippen LogP contribution >= 0.6 is 11.8 Å². The molecule has 1 heterocycles. The third kappa shape index (κ3) is 4.47. The minimum Gasteiger partial charge on any atom is -0.618 e. The predicted molar refractivity (Wildman–Crippen MR) is 107 cm³/mol. The van der Waals surface area contributed by atoms with Crippen molar-refractivity contribution in [3.8, 4) is 0 Å². The molecule has 7 nitrogen and oxygen atoms in total. The molecule has 3 rings (SSSR count). The molecule has 0 radical (unpaired) electrons. The van der Waals surface area contributed by atoms with Gasteiger partial charge >= 0.3 is 0 Å². The van der Waals surface area contributed by atoms with E-state index in [1.807, 2.05) is 6.07 Å². The maximum atomic E-state index is 13.0. The van der Waals surface area contributed by atoms with Crippen molar-refractivity contribution >= 4 is 29.0 Å². The maximum absolute atomic E-state index is 13.0. The second-order valence-corrected chi connectivity index (χ2v) is 7.17. The number of nitro benzene ring substituents is 1. The van der Waals surface area contributed by atoms with Gasteiger partial charge in [-0.25, -0.2) is 0 Å². The van der Waals surface area contributed by atoms with E-state index >= 15 is 0 Å². The van der Waals surface area contributed by atoms with Gasteiger partial charge in [0.25, 0.3) is 10.7 Å². The number of benzene rings is 2. The number of aryl methyl sites for hydroxylation is 1. The van der Waals surface area contributed by atoms with Crippen LogP contribution in [0.1, 0.15) is 16.4 Å². The van der Waals surface area contributed by atoms with Gasteiger partial charge in [0.05, 0.1) is 4.92 Å². The molecule has 0 aliphatic rings. The molecule has 8 heteroatoms. The van der Waals surface area contributed by atoms with E-state index in [0.717, 1.165) is 17.3 Å². The molecule has 1 atom stereocenters. The van der Waals surface area contributed by atoms with Crippen LogP contribution in [0.2, 0.25) is 0 Å². The van der Waals surface area contributed by atoms with E-state index < -0.39 is 16.1 Å². The van der Waals surface area contributed by atoms with E-state index in [9.17, 15) is 20.1 Å². The van der Waals surface area contributed by atoms with Gasteiger partial charge < -0.3 is 10.5 Å². The van der Waals surface area contributed by atoms with Gasteiger partial charge in [-0.2, -0.15) is 4.73 Å². The average molecular weight is 395 g/mol. The van der Waals surface area contributed by atoms with Crippen LogP contribution in [0.25, 0.3) is 0 Å². The van der Waals surface area contributed by atoms with Crippen LogP contribution in [-0.2, 0) is 4.79 Å². The monoisotopic (exact) mass is 395 g/mol. The lowest BCUT2D eigenvalue weighted by Gasteiger charge is -2.16. The Balaban J connectivity index is 1.94. The molecule has 3 aromatic rings. The quantitative estimate of drug-likeness (QED) is 0.223. The molecule has 0 fully saturated rings. The summed E-state index contributed by atoms with van der Waals surface area (Å²) in [5.41, 5.74) is 1.34. The average Bonchev–Trinajstić information content (AvgIpc) is 2.69. The molecule has 1 amide bonds. The van der Waals surface area contributed by atoms with Crippen molar-refractivity contribution in [3.05, 3.63) is 99.4 Å². The Hall–Kier alpha value is -3.39. The molecule has 0 saturated carbocycles. The fraction of sp³-hybridized carbons (Fsp3) is 0.100. The van der Waals surface area contributed by atoms with E-state index in [1.165, 1.54) is 18.3 Å². The molecule has 28 heavy (non-hydrogen) atoms. The first-order valence-electron chi connectivity index (χ1n) is 8.41. The van der Waals surface area contributed by atoms with Gasteiger partial charge in [0, 0.05) is 18.2 Å². The first-order chi connectivity index (χ1) is 13.5. The lowest BCUT2D eigenvalue weighted by molar-refractivity contribution is -0.645. The standard InChI is InChI=1S/C20H17N3O4S/c1-14-10-11-16(17(13-14)23(26)27)21-20(24)19(15-7-3-2-4-8-15)28-18-9-5-6-12-22(18)25/h2-13,19H,1H3,(H,21,24). The van der Waals surface area contributed by atoms with Crippen LogP contribution in [0.5, 0.6) is 0 Å². The van der Waals surface area contributed by atoms with E-state index in [1.54, 1.807) is 55.5 Å². The normalized spacial score (nSPS) is 11.6. The lowest BCUT2D eigenvalue weighted by atomic mass is 10.1. The summed E-state index contributed by atoms with van der Waals surface area (Å²) in [5.74, 6) is -0.452. The first kappa shape index (κ1) is 19.4. The number of nitro groups is 1. The molecule has 0 bridgehead atoms. The number of nitrogens with zero attached hydrogens (tertiary/aromatic N) is 2. The minimum absolute atomic E-state index is 0.116. The summed E-state index contributed by atoms with van der Waals surface area (Å²) < 4.78 is 0.683. The molecule has 1 aromatic heterocycles. The van der Waals surface area contributed by atoms with E-state index in [0.29, 0.717) is 15.3 Å². The molecule has 142 valence electrons. The van der Waals surface area contributed by atoms with Crippen LogP contribution in [0, 0.1) is 22.2 Å². The molecular formula is C20H17N3O4S. The van der Waals surface area contributed by atoms with Gasteiger partial charge in [0.2, 0.25) is 5.91 Å². The fourth-order valence-electron chi connectivity index (χ4n) is 2.62. The molecule has 0 aliphatic heterocycles. The highest BCUT2D eigenvalue weighted by Gasteiger charge is 2.27. The van der Waals surface area contributed by atoms with Gasteiger partial charge in [0.1, 0.15) is 10.9 Å². The zero-order valence-corrected chi connectivity index (χ0v) is 15.8. The number of pyridine rings is 1. The van der Waals surface area contributed by atoms with E-state index in [4.69, 9.17) is 0 Å².